The molecule has 33 heavy (non-hydrogen) atoms. The van der Waals surface area contributed by atoms with E-state index < -0.39 is 0 Å². The highest BCUT2D eigenvalue weighted by Gasteiger charge is 2.46. The van der Waals surface area contributed by atoms with E-state index >= 15 is 0 Å². The molecule has 170 valence electrons. The van der Waals surface area contributed by atoms with Crippen LogP contribution in [0, 0.1) is 0 Å². The van der Waals surface area contributed by atoms with Crippen molar-refractivity contribution in [1.29, 1.82) is 0 Å². The molecule has 3 aromatic rings. The van der Waals surface area contributed by atoms with Gasteiger partial charge in [0.25, 0.3) is 0 Å². The molecule has 2 bridgehead atoms. The van der Waals surface area contributed by atoms with E-state index in [0.29, 0.717) is 18.0 Å². The van der Waals surface area contributed by atoms with Crippen molar-refractivity contribution in [3.05, 3.63) is 108 Å². The Morgan fingerprint density at radius 3 is 1.76 bits per heavy atom. The average Bonchev–Trinajstić information content (AvgIpc) is 3.17. The minimum absolute atomic E-state index is 0.0416. The molecule has 5 rings (SSSR count). The van der Waals surface area contributed by atoms with Crippen LogP contribution in [0.5, 0.6) is 0 Å². The van der Waals surface area contributed by atoms with Gasteiger partial charge in [0.2, 0.25) is 5.91 Å². The van der Waals surface area contributed by atoms with Gasteiger partial charge < -0.3 is 4.90 Å². The zero-order chi connectivity index (χ0) is 22.5. The lowest BCUT2D eigenvalue weighted by Crippen LogP contribution is -2.59. The predicted octanol–water partition coefficient (Wildman–Crippen LogP) is 5.50. The number of hydrogen-bond donors (Lipinski definition) is 0. The number of rotatable bonds is 9. The lowest BCUT2D eigenvalue weighted by atomic mass is 9.96. The number of hydrogen-bond acceptors (Lipinski definition) is 2. The van der Waals surface area contributed by atoms with Gasteiger partial charge in [0.05, 0.1) is 6.04 Å². The first kappa shape index (κ1) is 21.9. The van der Waals surface area contributed by atoms with Crippen LogP contribution in [0.4, 0.5) is 0 Å². The molecule has 2 atom stereocenters. The van der Waals surface area contributed by atoms with Crippen LogP contribution < -0.4 is 0 Å². The first-order chi connectivity index (χ1) is 16.3. The standard InChI is InChI=1S/C30H34N2O/c33-30-29-21-20-28(31(29)22-26-14-8-3-9-15-26)23-32(30)27(18-16-24-10-4-1-5-11-24)19-17-25-12-6-2-7-13-25/h1-15,27-29H,16-23H2. The molecule has 0 saturated carbocycles. The van der Waals surface area contributed by atoms with Gasteiger partial charge in [-0.1, -0.05) is 91.0 Å². The van der Waals surface area contributed by atoms with Crippen LogP contribution in [0.2, 0.25) is 0 Å². The summed E-state index contributed by atoms with van der Waals surface area (Å²) < 4.78 is 0. The van der Waals surface area contributed by atoms with Crippen LogP contribution in [-0.2, 0) is 24.2 Å². The third-order valence-corrected chi connectivity index (χ3v) is 7.49. The maximum absolute atomic E-state index is 13.7. The highest BCUT2D eigenvalue weighted by molar-refractivity contribution is 5.83. The van der Waals surface area contributed by atoms with Crippen molar-refractivity contribution >= 4 is 5.91 Å². The number of likely N-dealkylation sites (tertiary alicyclic amines) is 1. The molecule has 2 aliphatic rings. The maximum Gasteiger partial charge on any atom is 0.240 e. The molecular formula is C30H34N2O. The lowest BCUT2D eigenvalue weighted by molar-refractivity contribution is -0.145. The molecular weight excluding hydrogens is 404 g/mol. The van der Waals surface area contributed by atoms with Crippen molar-refractivity contribution in [1.82, 2.24) is 9.80 Å². The monoisotopic (exact) mass is 438 g/mol. The minimum Gasteiger partial charge on any atom is -0.337 e. The van der Waals surface area contributed by atoms with Crippen molar-refractivity contribution in [2.24, 2.45) is 0 Å². The van der Waals surface area contributed by atoms with E-state index in [-0.39, 0.29) is 6.04 Å². The smallest absolute Gasteiger partial charge is 0.240 e. The Morgan fingerprint density at radius 2 is 1.21 bits per heavy atom. The number of carbonyl (C=O) groups excluding carboxylic acids is 1. The molecule has 0 spiro atoms. The summed E-state index contributed by atoms with van der Waals surface area (Å²) in [5.74, 6) is 0.353. The second-order valence-corrected chi connectivity index (χ2v) is 9.60. The number of nitrogens with zero attached hydrogens (tertiary/aromatic N) is 2. The minimum atomic E-state index is 0.0416. The van der Waals surface area contributed by atoms with Crippen molar-refractivity contribution < 1.29 is 4.79 Å². The van der Waals surface area contributed by atoms with Crippen LogP contribution in [0.1, 0.15) is 42.4 Å². The fourth-order valence-corrected chi connectivity index (χ4v) is 5.68. The van der Waals surface area contributed by atoms with Crippen LogP contribution in [-0.4, -0.2) is 40.4 Å². The highest BCUT2D eigenvalue weighted by atomic mass is 16.2. The van der Waals surface area contributed by atoms with Gasteiger partial charge in [-0.25, -0.2) is 0 Å². The Bertz CT molecular complexity index is 977. The molecule has 3 nitrogen and oxygen atoms in total. The van der Waals surface area contributed by atoms with Crippen molar-refractivity contribution in [2.45, 2.75) is 63.2 Å². The third-order valence-electron chi connectivity index (χ3n) is 7.49. The van der Waals surface area contributed by atoms with E-state index in [4.69, 9.17) is 0 Å². The first-order valence-electron chi connectivity index (χ1n) is 12.5. The molecule has 2 aliphatic heterocycles. The van der Waals surface area contributed by atoms with Gasteiger partial charge in [0, 0.05) is 25.2 Å². The fraction of sp³-hybridized carbons (Fsp3) is 0.367. The average molecular weight is 439 g/mol. The molecule has 2 heterocycles. The molecule has 0 aliphatic carbocycles. The van der Waals surface area contributed by atoms with E-state index in [0.717, 1.165) is 51.6 Å². The number of carbonyl (C=O) groups is 1. The summed E-state index contributed by atoms with van der Waals surface area (Å²) in [5.41, 5.74) is 4.03. The quantitative estimate of drug-likeness (QED) is 0.441. The number of aryl methyl sites for hydroxylation is 2. The zero-order valence-corrected chi connectivity index (χ0v) is 19.4. The Kier molecular flexibility index (Phi) is 6.87. The lowest BCUT2D eigenvalue weighted by Gasteiger charge is -2.44. The largest absolute Gasteiger partial charge is 0.337 e. The summed E-state index contributed by atoms with van der Waals surface area (Å²) in [6.45, 7) is 1.75. The highest BCUT2D eigenvalue weighted by Crippen LogP contribution is 2.34. The molecule has 3 heteroatoms. The predicted molar refractivity (Wildman–Crippen MR) is 134 cm³/mol. The zero-order valence-electron chi connectivity index (χ0n) is 19.4. The normalized spacial score (nSPS) is 20.5. The first-order valence-corrected chi connectivity index (χ1v) is 12.5. The summed E-state index contributed by atoms with van der Waals surface area (Å²) in [6, 6.07) is 32.8. The van der Waals surface area contributed by atoms with E-state index in [9.17, 15) is 4.79 Å². The van der Waals surface area contributed by atoms with Crippen LogP contribution in [0.25, 0.3) is 0 Å². The number of fused-ring (bicyclic) bond motifs is 2. The Balaban J connectivity index is 1.30. The second-order valence-electron chi connectivity index (χ2n) is 9.60. The third kappa shape index (κ3) is 5.20. The van der Waals surface area contributed by atoms with Gasteiger partial charge in [0.15, 0.2) is 0 Å². The van der Waals surface area contributed by atoms with Crippen LogP contribution >= 0.6 is 0 Å². The molecule has 0 N–H and O–H groups in total. The topological polar surface area (TPSA) is 23.6 Å². The fourth-order valence-electron chi connectivity index (χ4n) is 5.68. The summed E-state index contributed by atoms with van der Waals surface area (Å²) >= 11 is 0. The van der Waals surface area contributed by atoms with E-state index in [1.165, 1.54) is 16.7 Å². The molecule has 2 saturated heterocycles. The SMILES string of the molecule is O=C1C2CCC(CN1C(CCc1ccccc1)CCc1ccccc1)N2Cc1ccccc1. The van der Waals surface area contributed by atoms with Crippen molar-refractivity contribution in [2.75, 3.05) is 6.54 Å². The number of amides is 1. The van der Waals surface area contributed by atoms with E-state index in [1.807, 2.05) is 0 Å². The molecule has 3 aromatic carbocycles. The number of benzene rings is 3. The van der Waals surface area contributed by atoms with Crippen molar-refractivity contribution in [3.63, 3.8) is 0 Å². The van der Waals surface area contributed by atoms with Gasteiger partial charge in [-0.15, -0.1) is 0 Å². The van der Waals surface area contributed by atoms with Gasteiger partial charge in [-0.3, -0.25) is 9.69 Å². The van der Waals surface area contributed by atoms with Gasteiger partial charge in [-0.05, 0) is 55.2 Å². The van der Waals surface area contributed by atoms with Crippen molar-refractivity contribution in [3.8, 4) is 0 Å². The van der Waals surface area contributed by atoms with Crippen LogP contribution in [0.3, 0.4) is 0 Å². The van der Waals surface area contributed by atoms with Gasteiger partial charge >= 0.3 is 0 Å². The van der Waals surface area contributed by atoms with E-state index in [1.54, 1.807) is 0 Å². The molecule has 0 radical (unpaired) electrons. The van der Waals surface area contributed by atoms with Gasteiger partial charge in [-0.2, -0.15) is 0 Å². The Hall–Kier alpha value is -2.91. The van der Waals surface area contributed by atoms with E-state index in [2.05, 4.69) is 101 Å². The Labute approximate surface area is 198 Å². The Morgan fingerprint density at radius 1 is 0.697 bits per heavy atom. The molecule has 1 amide bonds. The molecule has 0 aromatic heterocycles. The summed E-state index contributed by atoms with van der Waals surface area (Å²) in [4.78, 5) is 18.5. The molecule has 2 fully saturated rings. The summed E-state index contributed by atoms with van der Waals surface area (Å²) in [7, 11) is 0. The number of piperazine rings is 1. The summed E-state index contributed by atoms with van der Waals surface area (Å²) in [5, 5.41) is 0. The summed E-state index contributed by atoms with van der Waals surface area (Å²) in [6.07, 6.45) is 6.22. The van der Waals surface area contributed by atoms with Gasteiger partial charge in [0.1, 0.15) is 0 Å². The van der Waals surface area contributed by atoms with Crippen LogP contribution in [0.15, 0.2) is 91.0 Å². The maximum atomic E-state index is 13.7. The molecule has 2 unspecified atom stereocenters. The second kappa shape index (κ2) is 10.4.